The highest BCUT2D eigenvalue weighted by atomic mass is 16.5. The zero-order valence-electron chi connectivity index (χ0n) is 15.8. The number of aryl methyl sites for hydroxylation is 3. The monoisotopic (exact) mass is 356 g/mol. The van der Waals surface area contributed by atoms with Gasteiger partial charge in [0.1, 0.15) is 11.3 Å². The molecule has 0 spiro atoms. The minimum atomic E-state index is 0.0724. The molecule has 2 aromatic heterocycles. The lowest BCUT2D eigenvalue weighted by Crippen LogP contribution is -2.35. The molecular weight excluding hydrogens is 328 g/mol. The van der Waals surface area contributed by atoms with Crippen molar-refractivity contribution in [3.05, 3.63) is 23.1 Å². The molecule has 2 aliphatic heterocycles. The molecule has 2 aromatic rings. The first-order valence-corrected chi connectivity index (χ1v) is 9.91. The van der Waals surface area contributed by atoms with Crippen molar-refractivity contribution in [1.29, 1.82) is 0 Å². The van der Waals surface area contributed by atoms with Crippen molar-refractivity contribution in [1.82, 2.24) is 19.4 Å². The van der Waals surface area contributed by atoms with Gasteiger partial charge in [-0.05, 0) is 39.2 Å². The fourth-order valence-electron chi connectivity index (χ4n) is 4.14. The summed E-state index contributed by atoms with van der Waals surface area (Å²) < 4.78 is 7.71. The summed E-state index contributed by atoms with van der Waals surface area (Å²) in [7, 11) is 0. The van der Waals surface area contributed by atoms with Crippen molar-refractivity contribution in [2.24, 2.45) is 5.92 Å². The molecule has 0 aliphatic carbocycles. The first-order valence-electron chi connectivity index (χ1n) is 9.91. The number of ether oxygens (including phenoxy) is 1. The van der Waals surface area contributed by atoms with Gasteiger partial charge in [-0.3, -0.25) is 4.79 Å². The Morgan fingerprint density at radius 3 is 3.00 bits per heavy atom. The van der Waals surface area contributed by atoms with E-state index in [9.17, 15) is 4.79 Å². The van der Waals surface area contributed by atoms with Crippen LogP contribution in [0.5, 0.6) is 0 Å². The quantitative estimate of drug-likeness (QED) is 0.845. The normalized spacial score (nSPS) is 20.2. The summed E-state index contributed by atoms with van der Waals surface area (Å²) in [6.45, 7) is 7.98. The van der Waals surface area contributed by atoms with Crippen LogP contribution in [0.4, 0.5) is 0 Å². The number of carbonyl (C=O) groups is 1. The largest absolute Gasteiger partial charge is 0.381 e. The van der Waals surface area contributed by atoms with E-state index in [0.717, 1.165) is 74.7 Å². The average Bonchev–Trinajstić information content (AvgIpc) is 3.20. The Morgan fingerprint density at radius 1 is 1.35 bits per heavy atom. The third kappa shape index (κ3) is 3.22. The Bertz CT molecular complexity index is 808. The maximum atomic E-state index is 13.3. The molecule has 1 amide bonds. The second-order valence-electron chi connectivity index (χ2n) is 7.55. The lowest BCUT2D eigenvalue weighted by Gasteiger charge is -2.24. The van der Waals surface area contributed by atoms with E-state index in [1.165, 1.54) is 6.42 Å². The number of carbonyl (C=O) groups excluding carboxylic acids is 1. The highest BCUT2D eigenvalue weighted by Crippen LogP contribution is 2.25. The van der Waals surface area contributed by atoms with Crippen molar-refractivity contribution in [2.75, 3.05) is 26.3 Å². The lowest BCUT2D eigenvalue weighted by atomic mass is 10.1. The second kappa shape index (κ2) is 7.35. The molecule has 4 heterocycles. The molecule has 0 saturated carbocycles. The number of rotatable bonds is 4. The fourth-order valence-corrected chi connectivity index (χ4v) is 4.14. The first-order chi connectivity index (χ1) is 12.7. The highest BCUT2D eigenvalue weighted by Gasteiger charge is 2.26. The van der Waals surface area contributed by atoms with E-state index in [1.807, 2.05) is 24.8 Å². The number of pyridine rings is 1. The van der Waals surface area contributed by atoms with Crippen LogP contribution in [-0.4, -0.2) is 51.6 Å². The van der Waals surface area contributed by atoms with Gasteiger partial charge in [0, 0.05) is 44.3 Å². The van der Waals surface area contributed by atoms with Gasteiger partial charge >= 0.3 is 0 Å². The number of hydrogen-bond donors (Lipinski definition) is 0. The summed E-state index contributed by atoms with van der Waals surface area (Å²) in [5.74, 6) is 1.59. The van der Waals surface area contributed by atoms with Gasteiger partial charge < -0.3 is 14.2 Å². The predicted molar refractivity (Wildman–Crippen MR) is 100 cm³/mol. The molecule has 1 atom stereocenters. The van der Waals surface area contributed by atoms with Crippen molar-refractivity contribution in [3.63, 3.8) is 0 Å². The third-order valence-corrected chi connectivity index (χ3v) is 5.59. The Balaban J connectivity index is 1.71. The Hall–Kier alpha value is -1.95. The minimum absolute atomic E-state index is 0.0724. The summed E-state index contributed by atoms with van der Waals surface area (Å²) in [5, 5.41) is 0. The number of hydrogen-bond acceptors (Lipinski definition) is 4. The van der Waals surface area contributed by atoms with Crippen molar-refractivity contribution in [2.45, 2.75) is 52.5 Å². The number of nitrogens with zero attached hydrogens (tertiary/aromatic N) is 4. The van der Waals surface area contributed by atoms with E-state index >= 15 is 0 Å². The molecule has 2 aliphatic rings. The fraction of sp³-hybridized carbons (Fsp3) is 0.650. The molecular formula is C20H28N4O2. The summed E-state index contributed by atoms with van der Waals surface area (Å²) in [6, 6.07) is 1.91. The minimum Gasteiger partial charge on any atom is -0.381 e. The van der Waals surface area contributed by atoms with E-state index in [0.29, 0.717) is 18.0 Å². The average molecular weight is 356 g/mol. The number of aromatic nitrogens is 3. The molecule has 1 unspecified atom stereocenters. The third-order valence-electron chi connectivity index (χ3n) is 5.59. The van der Waals surface area contributed by atoms with E-state index in [4.69, 9.17) is 14.7 Å². The Morgan fingerprint density at radius 2 is 2.23 bits per heavy atom. The van der Waals surface area contributed by atoms with Gasteiger partial charge in [0.2, 0.25) is 0 Å². The van der Waals surface area contributed by atoms with Crippen LogP contribution in [0.3, 0.4) is 0 Å². The van der Waals surface area contributed by atoms with Gasteiger partial charge in [-0.15, -0.1) is 0 Å². The van der Waals surface area contributed by atoms with E-state index < -0.39 is 0 Å². The zero-order chi connectivity index (χ0) is 18.1. The predicted octanol–water partition coefficient (Wildman–Crippen LogP) is 2.96. The van der Waals surface area contributed by atoms with Crippen LogP contribution < -0.4 is 0 Å². The summed E-state index contributed by atoms with van der Waals surface area (Å²) in [5.41, 5.74) is 3.24. The van der Waals surface area contributed by atoms with Crippen LogP contribution in [0.2, 0.25) is 0 Å². The highest BCUT2D eigenvalue weighted by molar-refractivity contribution is 6.04. The van der Waals surface area contributed by atoms with Crippen LogP contribution >= 0.6 is 0 Å². The lowest BCUT2D eigenvalue weighted by molar-refractivity contribution is 0.0732. The van der Waals surface area contributed by atoms with Crippen LogP contribution in [0.15, 0.2) is 6.07 Å². The second-order valence-corrected chi connectivity index (χ2v) is 7.55. The summed E-state index contributed by atoms with van der Waals surface area (Å²) in [4.78, 5) is 24.8. The molecule has 0 aromatic carbocycles. The SMILES string of the molecule is CCN(CC1CCOC1)C(=O)c1cc(C)nc2c1nc1n2CCCCC1. The maximum absolute atomic E-state index is 13.3. The van der Waals surface area contributed by atoms with Crippen molar-refractivity contribution >= 4 is 17.1 Å². The van der Waals surface area contributed by atoms with Crippen molar-refractivity contribution in [3.8, 4) is 0 Å². The smallest absolute Gasteiger partial charge is 0.256 e. The van der Waals surface area contributed by atoms with Gasteiger partial charge in [0.15, 0.2) is 5.65 Å². The number of fused-ring (bicyclic) bond motifs is 3. The molecule has 140 valence electrons. The van der Waals surface area contributed by atoms with Gasteiger partial charge in [0.05, 0.1) is 12.2 Å². The number of amides is 1. The number of imidazole rings is 1. The van der Waals surface area contributed by atoms with Crippen LogP contribution in [0, 0.1) is 12.8 Å². The van der Waals surface area contributed by atoms with Gasteiger partial charge in [-0.2, -0.15) is 0 Å². The van der Waals surface area contributed by atoms with Crippen LogP contribution in [0.25, 0.3) is 11.2 Å². The van der Waals surface area contributed by atoms with E-state index in [-0.39, 0.29) is 5.91 Å². The van der Waals surface area contributed by atoms with Crippen molar-refractivity contribution < 1.29 is 9.53 Å². The van der Waals surface area contributed by atoms with Gasteiger partial charge in [-0.25, -0.2) is 9.97 Å². The van der Waals surface area contributed by atoms with Gasteiger partial charge in [0.25, 0.3) is 5.91 Å². The molecule has 1 fully saturated rings. The zero-order valence-corrected chi connectivity index (χ0v) is 15.8. The Labute approximate surface area is 154 Å². The summed E-state index contributed by atoms with van der Waals surface area (Å²) in [6.07, 6.45) is 5.55. The first kappa shape index (κ1) is 17.5. The standard InChI is InChI=1S/C20H28N4O2/c1-3-23(12-15-8-10-26-13-15)20(25)16-11-14(2)21-19-18(16)22-17-7-5-4-6-9-24(17)19/h11,15H,3-10,12-13H2,1-2H3. The molecule has 0 bridgehead atoms. The van der Waals surface area contributed by atoms with Gasteiger partial charge in [-0.1, -0.05) is 6.42 Å². The van der Waals surface area contributed by atoms with Crippen LogP contribution in [-0.2, 0) is 17.7 Å². The van der Waals surface area contributed by atoms with E-state index in [2.05, 4.69) is 4.57 Å². The molecule has 0 radical (unpaired) electrons. The molecule has 6 nitrogen and oxygen atoms in total. The molecule has 4 rings (SSSR count). The molecule has 0 N–H and O–H groups in total. The summed E-state index contributed by atoms with van der Waals surface area (Å²) >= 11 is 0. The molecule has 26 heavy (non-hydrogen) atoms. The molecule has 1 saturated heterocycles. The van der Waals surface area contributed by atoms with Crippen LogP contribution in [0.1, 0.15) is 54.5 Å². The topological polar surface area (TPSA) is 60.2 Å². The maximum Gasteiger partial charge on any atom is 0.256 e. The molecule has 6 heteroatoms. The van der Waals surface area contributed by atoms with E-state index in [1.54, 1.807) is 0 Å². The Kier molecular flexibility index (Phi) is 4.94.